The third-order valence-electron chi connectivity index (χ3n) is 3.14. The van der Waals surface area contributed by atoms with E-state index < -0.39 is 13.1 Å². The maximum absolute atomic E-state index is 12.1. The Hall–Kier alpha value is -1.66. The third kappa shape index (κ3) is 7.46. The second-order valence-electron chi connectivity index (χ2n) is 5.36. The first-order chi connectivity index (χ1) is 12.6. The fourth-order valence-corrected chi connectivity index (χ4v) is 2.90. The average molecular weight is 450 g/mol. The van der Waals surface area contributed by atoms with Crippen molar-refractivity contribution in [2.75, 3.05) is 6.61 Å². The van der Waals surface area contributed by atoms with Gasteiger partial charge in [0.25, 0.3) is 0 Å². The summed E-state index contributed by atoms with van der Waals surface area (Å²) in [7, 11) is -3.44. The van der Waals surface area contributed by atoms with Crippen LogP contribution in [0.3, 0.4) is 0 Å². The van der Waals surface area contributed by atoms with E-state index in [2.05, 4.69) is 4.52 Å². The van der Waals surface area contributed by atoms with E-state index in [0.717, 1.165) is 5.56 Å². The number of hydrogen-bond donors (Lipinski definition) is 2. The first-order valence-electron chi connectivity index (χ1n) is 7.53. The predicted molar refractivity (Wildman–Crippen MR) is 110 cm³/mol. The van der Waals surface area contributed by atoms with E-state index in [4.69, 9.17) is 50.2 Å². The Morgan fingerprint density at radius 2 is 1.70 bits per heavy atom. The van der Waals surface area contributed by atoms with Crippen LogP contribution in [0.5, 0.6) is 5.75 Å². The van der Waals surface area contributed by atoms with Gasteiger partial charge < -0.3 is 0 Å². The second-order valence-corrected chi connectivity index (χ2v) is 9.54. The van der Waals surface area contributed by atoms with Crippen LogP contribution in [0.4, 0.5) is 0 Å². The summed E-state index contributed by atoms with van der Waals surface area (Å²) in [5.74, 6) is -0.539. The van der Waals surface area contributed by atoms with Gasteiger partial charge in [0.2, 0.25) is 0 Å². The van der Waals surface area contributed by atoms with E-state index in [1.165, 1.54) is 12.1 Å². The molecule has 0 aliphatic carbocycles. The van der Waals surface area contributed by atoms with Crippen LogP contribution in [0, 0.1) is 0 Å². The van der Waals surface area contributed by atoms with Crippen LogP contribution in [0.1, 0.15) is 15.9 Å². The SMILES string of the molecule is N[PH](N)(Cl)OC(=O)COc1ccc(/C=C/C(=O)c2ccc(Cl)c(Cl)c2)cc1. The molecule has 0 aliphatic rings. The first kappa shape index (κ1) is 21.6. The predicted octanol–water partition coefficient (Wildman–Crippen LogP) is 4.38. The Bertz CT molecular complexity index is 867. The van der Waals surface area contributed by atoms with Crippen molar-refractivity contribution < 1.29 is 18.8 Å². The van der Waals surface area contributed by atoms with Crippen molar-refractivity contribution in [1.29, 1.82) is 0 Å². The van der Waals surface area contributed by atoms with E-state index in [0.29, 0.717) is 21.4 Å². The number of carbonyl (C=O) groups is 2. The van der Waals surface area contributed by atoms with Gasteiger partial charge in [-0.3, -0.25) is 0 Å². The van der Waals surface area contributed by atoms with Crippen molar-refractivity contribution in [2.24, 2.45) is 11.0 Å². The molecule has 2 aromatic rings. The number of hydrogen-bond acceptors (Lipinski definition) is 6. The number of nitrogens with two attached hydrogens (primary N) is 2. The zero-order valence-corrected chi connectivity index (χ0v) is 17.1. The fourth-order valence-electron chi connectivity index (χ4n) is 1.94. The van der Waals surface area contributed by atoms with Gasteiger partial charge in [0.1, 0.15) is 0 Å². The summed E-state index contributed by atoms with van der Waals surface area (Å²) in [4.78, 5) is 23.6. The summed E-state index contributed by atoms with van der Waals surface area (Å²) in [5.41, 5.74) is 11.7. The summed E-state index contributed by atoms with van der Waals surface area (Å²) < 4.78 is 9.88. The van der Waals surface area contributed by atoms with Crippen molar-refractivity contribution in [3.63, 3.8) is 0 Å². The van der Waals surface area contributed by atoms with E-state index >= 15 is 0 Å². The Morgan fingerprint density at radius 1 is 1.04 bits per heavy atom. The van der Waals surface area contributed by atoms with Crippen molar-refractivity contribution in [2.45, 2.75) is 0 Å². The standard InChI is InChI=1S/C17H16Cl3N2O4P/c18-14-7-4-12(9-15(14)19)16(23)8-3-11-1-5-13(6-2-11)25-10-17(24)26-27(20,21)22/h1-9,27H,10,21-22H2/b8-3+. The average Bonchev–Trinajstić information content (AvgIpc) is 2.59. The summed E-state index contributed by atoms with van der Waals surface area (Å²) in [6.45, 7) is -0.374. The van der Waals surface area contributed by atoms with E-state index in [9.17, 15) is 9.59 Å². The zero-order valence-electron chi connectivity index (χ0n) is 13.8. The maximum atomic E-state index is 12.1. The molecule has 144 valence electrons. The summed E-state index contributed by atoms with van der Waals surface area (Å²) >= 11 is 17.2. The molecule has 0 saturated carbocycles. The van der Waals surface area contributed by atoms with Crippen LogP contribution in [-0.4, -0.2) is 18.4 Å². The van der Waals surface area contributed by atoms with Gasteiger partial charge in [-0.15, -0.1) is 0 Å². The summed E-state index contributed by atoms with van der Waals surface area (Å²) in [5, 5.41) is 0.697. The minimum absolute atomic E-state index is 0.214. The molecule has 2 aromatic carbocycles. The van der Waals surface area contributed by atoms with E-state index in [1.54, 1.807) is 42.5 Å². The molecular formula is C17H16Cl3N2O4P. The molecule has 27 heavy (non-hydrogen) atoms. The quantitative estimate of drug-likeness (QED) is 0.369. The van der Waals surface area contributed by atoms with Crippen molar-refractivity contribution in [1.82, 2.24) is 0 Å². The van der Waals surface area contributed by atoms with E-state index in [1.807, 2.05) is 0 Å². The fraction of sp³-hybridized carbons (Fsp3) is 0.0588. The molecule has 0 spiro atoms. The number of allylic oxidation sites excluding steroid dienone is 1. The summed E-state index contributed by atoms with van der Waals surface area (Å²) in [6.07, 6.45) is 3.05. The first-order valence-corrected chi connectivity index (χ1v) is 11.4. The topological polar surface area (TPSA) is 105 Å². The van der Waals surface area contributed by atoms with Crippen LogP contribution in [0.2, 0.25) is 10.0 Å². The Labute approximate surface area is 171 Å². The van der Waals surface area contributed by atoms with Gasteiger partial charge in [-0.05, 0) is 18.2 Å². The molecule has 4 N–H and O–H groups in total. The number of carbonyl (C=O) groups excluding carboxylic acids is 2. The van der Waals surface area contributed by atoms with Crippen LogP contribution in [0.25, 0.3) is 6.08 Å². The molecule has 0 unspecified atom stereocenters. The molecular weight excluding hydrogens is 434 g/mol. The molecule has 10 heteroatoms. The van der Waals surface area contributed by atoms with Gasteiger partial charge in [0, 0.05) is 0 Å². The van der Waals surface area contributed by atoms with Crippen LogP contribution < -0.4 is 15.7 Å². The van der Waals surface area contributed by atoms with Crippen LogP contribution in [0.15, 0.2) is 48.5 Å². The second kappa shape index (κ2) is 9.51. The molecule has 2 rings (SSSR count). The van der Waals surface area contributed by atoms with Gasteiger partial charge in [-0.1, -0.05) is 23.2 Å². The molecule has 0 saturated heterocycles. The van der Waals surface area contributed by atoms with Crippen molar-refractivity contribution in [3.8, 4) is 5.75 Å². The Balaban J connectivity index is 1.93. The van der Waals surface area contributed by atoms with Gasteiger partial charge in [-0.2, -0.15) is 0 Å². The Kier molecular flexibility index (Phi) is 7.62. The number of benzene rings is 2. The van der Waals surface area contributed by atoms with Crippen molar-refractivity contribution in [3.05, 3.63) is 69.7 Å². The van der Waals surface area contributed by atoms with Crippen molar-refractivity contribution >= 4 is 59.4 Å². The van der Waals surface area contributed by atoms with Gasteiger partial charge in [-0.25, -0.2) is 0 Å². The Morgan fingerprint density at radius 3 is 2.30 bits per heavy atom. The molecule has 0 radical (unpaired) electrons. The molecule has 0 amide bonds. The number of halogens is 3. The molecule has 6 nitrogen and oxygen atoms in total. The van der Waals surface area contributed by atoms with Gasteiger partial charge >= 0.3 is 120 Å². The monoisotopic (exact) mass is 448 g/mol. The molecule has 0 aliphatic heterocycles. The summed E-state index contributed by atoms with van der Waals surface area (Å²) in [6, 6.07) is 11.4. The number of rotatable bonds is 7. The van der Waals surface area contributed by atoms with Crippen LogP contribution >= 0.6 is 41.6 Å². The normalized spacial score (nSPS) is 12.0. The number of ketones is 1. The third-order valence-corrected chi connectivity index (χ3v) is 4.65. The molecule has 0 bridgehead atoms. The molecule has 0 heterocycles. The van der Waals surface area contributed by atoms with Gasteiger partial charge in [0.15, 0.2) is 0 Å². The molecule has 0 atom stereocenters. The molecule has 0 aromatic heterocycles. The van der Waals surface area contributed by atoms with Gasteiger partial charge in [0.05, 0.1) is 10.0 Å². The van der Waals surface area contributed by atoms with E-state index in [-0.39, 0.29) is 12.4 Å². The minimum atomic E-state index is -3.44. The molecule has 0 fully saturated rings. The zero-order chi connectivity index (χ0) is 20.0. The number of ether oxygens (including phenoxy) is 1. The van der Waals surface area contributed by atoms with Crippen LogP contribution in [-0.2, 0) is 9.32 Å².